The van der Waals surface area contributed by atoms with E-state index in [1.165, 1.54) is 10.8 Å². The van der Waals surface area contributed by atoms with E-state index in [2.05, 4.69) is 30.3 Å². The fourth-order valence-electron chi connectivity index (χ4n) is 2.62. The molecule has 0 spiro atoms. The van der Waals surface area contributed by atoms with E-state index in [0.29, 0.717) is 6.42 Å². The van der Waals surface area contributed by atoms with Crippen molar-refractivity contribution in [1.29, 1.82) is 0 Å². The van der Waals surface area contributed by atoms with Crippen LogP contribution in [0, 0.1) is 0 Å². The molecule has 1 heterocycles. The van der Waals surface area contributed by atoms with Gasteiger partial charge in [-0.05, 0) is 30.7 Å². The first kappa shape index (κ1) is 13.6. The van der Waals surface area contributed by atoms with Crippen molar-refractivity contribution >= 4 is 27.6 Å². The van der Waals surface area contributed by atoms with Crippen molar-refractivity contribution in [3.05, 3.63) is 54.2 Å². The third-order valence-corrected chi connectivity index (χ3v) is 3.72. The Morgan fingerprint density at radius 1 is 0.952 bits per heavy atom. The lowest BCUT2D eigenvalue weighted by molar-refractivity contribution is -0.137. The second kappa shape index (κ2) is 5.92. The maximum Gasteiger partial charge on any atom is 0.303 e. The molecule has 21 heavy (non-hydrogen) atoms. The monoisotopic (exact) mass is 279 g/mol. The van der Waals surface area contributed by atoms with Crippen LogP contribution in [0.5, 0.6) is 0 Å². The van der Waals surface area contributed by atoms with Crippen LogP contribution in [-0.4, -0.2) is 16.1 Å². The number of nitrogens with zero attached hydrogens (tertiary/aromatic N) is 1. The molecule has 3 aromatic rings. The summed E-state index contributed by atoms with van der Waals surface area (Å²) in [6.45, 7) is 0. The number of aromatic nitrogens is 1. The molecule has 0 atom stereocenters. The van der Waals surface area contributed by atoms with Gasteiger partial charge < -0.3 is 5.11 Å². The Hall–Kier alpha value is -2.42. The molecule has 0 radical (unpaired) electrons. The Balaban J connectivity index is 1.88. The Kier molecular flexibility index (Phi) is 3.82. The molecule has 2 aromatic carbocycles. The Morgan fingerprint density at radius 2 is 1.71 bits per heavy atom. The number of carbonyl (C=O) groups is 1. The molecule has 0 unspecified atom stereocenters. The second-order valence-corrected chi connectivity index (χ2v) is 5.26. The topological polar surface area (TPSA) is 50.2 Å². The maximum atomic E-state index is 10.5. The molecule has 0 aliphatic carbocycles. The number of aryl methyl sites for hydroxylation is 1. The molecule has 3 nitrogen and oxygen atoms in total. The van der Waals surface area contributed by atoms with E-state index >= 15 is 0 Å². The predicted octanol–water partition coefficient (Wildman–Crippen LogP) is 4.19. The number of carboxylic acid groups (broad SMARTS) is 1. The van der Waals surface area contributed by atoms with E-state index in [9.17, 15) is 4.79 Å². The minimum Gasteiger partial charge on any atom is -0.481 e. The molecule has 0 saturated carbocycles. The third kappa shape index (κ3) is 3.02. The normalized spacial score (nSPS) is 11.0. The van der Waals surface area contributed by atoms with Gasteiger partial charge in [0.25, 0.3) is 0 Å². The number of carboxylic acids is 1. The SMILES string of the molecule is O=C(O)CCCCc1ccc2ccc3ccccc3c2n1. The van der Waals surface area contributed by atoms with Gasteiger partial charge in [-0.1, -0.05) is 42.5 Å². The predicted molar refractivity (Wildman–Crippen MR) is 84.4 cm³/mol. The van der Waals surface area contributed by atoms with Crippen molar-refractivity contribution in [3.63, 3.8) is 0 Å². The summed E-state index contributed by atoms with van der Waals surface area (Å²) in [6, 6.07) is 16.6. The largest absolute Gasteiger partial charge is 0.481 e. The molecule has 0 aliphatic heterocycles. The fourth-order valence-corrected chi connectivity index (χ4v) is 2.62. The van der Waals surface area contributed by atoms with Gasteiger partial charge in [0.1, 0.15) is 0 Å². The quantitative estimate of drug-likeness (QED) is 0.563. The molecule has 0 fully saturated rings. The zero-order chi connectivity index (χ0) is 14.7. The van der Waals surface area contributed by atoms with E-state index in [4.69, 9.17) is 10.1 Å². The van der Waals surface area contributed by atoms with E-state index in [0.717, 1.165) is 29.4 Å². The molecular weight excluding hydrogens is 262 g/mol. The molecule has 0 saturated heterocycles. The fraction of sp³-hybridized carbons (Fsp3) is 0.222. The Morgan fingerprint density at radius 3 is 2.57 bits per heavy atom. The summed E-state index contributed by atoms with van der Waals surface area (Å²) in [5.41, 5.74) is 2.06. The average molecular weight is 279 g/mol. The van der Waals surface area contributed by atoms with Gasteiger partial charge in [-0.15, -0.1) is 0 Å². The lowest BCUT2D eigenvalue weighted by Gasteiger charge is -2.06. The molecule has 1 aromatic heterocycles. The first-order chi connectivity index (χ1) is 10.2. The van der Waals surface area contributed by atoms with Gasteiger partial charge in [0, 0.05) is 22.9 Å². The molecule has 3 heteroatoms. The van der Waals surface area contributed by atoms with Crippen molar-refractivity contribution in [1.82, 2.24) is 4.98 Å². The van der Waals surface area contributed by atoms with E-state index in [1.54, 1.807) is 0 Å². The summed E-state index contributed by atoms with van der Waals surface area (Å²) in [7, 11) is 0. The highest BCUT2D eigenvalue weighted by molar-refractivity contribution is 6.05. The summed E-state index contributed by atoms with van der Waals surface area (Å²) in [6.07, 6.45) is 2.61. The molecule has 3 rings (SSSR count). The van der Waals surface area contributed by atoms with Gasteiger partial charge in [-0.2, -0.15) is 0 Å². The third-order valence-electron chi connectivity index (χ3n) is 3.72. The van der Waals surface area contributed by atoms with Gasteiger partial charge in [0.2, 0.25) is 0 Å². The number of aliphatic carboxylic acids is 1. The van der Waals surface area contributed by atoms with Crippen molar-refractivity contribution < 1.29 is 9.90 Å². The average Bonchev–Trinajstić information content (AvgIpc) is 2.51. The van der Waals surface area contributed by atoms with Crippen molar-refractivity contribution in [2.75, 3.05) is 0 Å². The number of fused-ring (bicyclic) bond motifs is 3. The standard InChI is InChI=1S/C18H17NO2/c20-17(21)8-4-2-6-15-12-11-14-10-9-13-5-1-3-7-16(13)18(14)19-15/h1,3,5,7,9-12H,2,4,6,8H2,(H,20,21). The molecule has 0 aliphatic rings. The maximum absolute atomic E-state index is 10.5. The number of hydrogen-bond donors (Lipinski definition) is 1. The van der Waals surface area contributed by atoms with Crippen LogP contribution in [0.15, 0.2) is 48.5 Å². The van der Waals surface area contributed by atoms with Gasteiger partial charge in [0.15, 0.2) is 0 Å². The summed E-state index contributed by atoms with van der Waals surface area (Å²) in [4.78, 5) is 15.3. The number of rotatable bonds is 5. The highest BCUT2D eigenvalue weighted by atomic mass is 16.4. The number of pyridine rings is 1. The van der Waals surface area contributed by atoms with Crippen LogP contribution in [0.4, 0.5) is 0 Å². The molecule has 1 N–H and O–H groups in total. The number of unbranched alkanes of at least 4 members (excludes halogenated alkanes) is 1. The van der Waals surface area contributed by atoms with Crippen LogP contribution in [-0.2, 0) is 11.2 Å². The Bertz CT molecular complexity index is 795. The highest BCUT2D eigenvalue weighted by Crippen LogP contribution is 2.24. The zero-order valence-corrected chi connectivity index (χ0v) is 11.7. The van der Waals surface area contributed by atoms with Gasteiger partial charge >= 0.3 is 5.97 Å². The van der Waals surface area contributed by atoms with E-state index in [1.807, 2.05) is 18.2 Å². The van der Waals surface area contributed by atoms with Gasteiger partial charge in [-0.3, -0.25) is 9.78 Å². The van der Waals surface area contributed by atoms with E-state index < -0.39 is 5.97 Å². The van der Waals surface area contributed by atoms with E-state index in [-0.39, 0.29) is 6.42 Å². The second-order valence-electron chi connectivity index (χ2n) is 5.26. The molecular formula is C18H17NO2. The molecule has 0 bridgehead atoms. The zero-order valence-electron chi connectivity index (χ0n) is 11.7. The van der Waals surface area contributed by atoms with Crippen LogP contribution in [0.3, 0.4) is 0 Å². The van der Waals surface area contributed by atoms with Gasteiger partial charge in [-0.25, -0.2) is 0 Å². The summed E-state index contributed by atoms with van der Waals surface area (Å²) in [5.74, 6) is -0.729. The van der Waals surface area contributed by atoms with Crippen LogP contribution in [0.1, 0.15) is 25.0 Å². The van der Waals surface area contributed by atoms with Crippen LogP contribution in [0.25, 0.3) is 21.7 Å². The first-order valence-corrected chi connectivity index (χ1v) is 7.23. The summed E-state index contributed by atoms with van der Waals surface area (Å²) >= 11 is 0. The molecule has 106 valence electrons. The first-order valence-electron chi connectivity index (χ1n) is 7.23. The highest BCUT2D eigenvalue weighted by Gasteiger charge is 2.04. The van der Waals surface area contributed by atoms with Crippen LogP contribution >= 0.6 is 0 Å². The minimum absolute atomic E-state index is 0.233. The van der Waals surface area contributed by atoms with Crippen molar-refractivity contribution in [2.24, 2.45) is 0 Å². The Labute approximate surface area is 123 Å². The van der Waals surface area contributed by atoms with Crippen molar-refractivity contribution in [2.45, 2.75) is 25.7 Å². The molecule has 0 amide bonds. The van der Waals surface area contributed by atoms with Crippen LogP contribution < -0.4 is 0 Å². The summed E-state index contributed by atoms with van der Waals surface area (Å²) < 4.78 is 0. The number of hydrogen-bond acceptors (Lipinski definition) is 2. The smallest absolute Gasteiger partial charge is 0.303 e. The summed E-state index contributed by atoms with van der Waals surface area (Å²) in [5, 5.41) is 12.2. The lowest BCUT2D eigenvalue weighted by atomic mass is 10.0. The minimum atomic E-state index is -0.729. The lowest BCUT2D eigenvalue weighted by Crippen LogP contribution is -1.96. The van der Waals surface area contributed by atoms with Crippen molar-refractivity contribution in [3.8, 4) is 0 Å². The van der Waals surface area contributed by atoms with Crippen LogP contribution in [0.2, 0.25) is 0 Å². The number of benzene rings is 2. The van der Waals surface area contributed by atoms with Gasteiger partial charge in [0.05, 0.1) is 5.52 Å².